The molecule has 18 heavy (non-hydrogen) atoms. The van der Waals surface area contributed by atoms with E-state index >= 15 is 0 Å². The van der Waals surface area contributed by atoms with Crippen LogP contribution in [-0.4, -0.2) is 20.5 Å². The smallest absolute Gasteiger partial charge is 0.240 e. The second kappa shape index (κ2) is 6.02. The molecule has 0 aliphatic heterocycles. The molecule has 0 saturated heterocycles. The maximum absolute atomic E-state index is 12.0. The molecule has 0 spiro atoms. The van der Waals surface area contributed by atoms with Crippen molar-refractivity contribution in [1.82, 2.24) is 4.72 Å². The molecular formula is C12H19ClN2O2S. The number of nitrogens with one attached hydrogen (secondary N) is 1. The molecule has 6 heteroatoms. The molecule has 0 radical (unpaired) electrons. The largest absolute Gasteiger partial charge is 0.324 e. The van der Waals surface area contributed by atoms with Crippen LogP contribution in [0.1, 0.15) is 26.7 Å². The zero-order valence-corrected chi connectivity index (χ0v) is 12.2. The van der Waals surface area contributed by atoms with Crippen LogP contribution in [0.3, 0.4) is 0 Å². The van der Waals surface area contributed by atoms with Crippen molar-refractivity contribution in [2.45, 2.75) is 37.1 Å². The van der Waals surface area contributed by atoms with Crippen molar-refractivity contribution in [3.63, 3.8) is 0 Å². The van der Waals surface area contributed by atoms with E-state index < -0.39 is 15.6 Å². The molecule has 1 rings (SSSR count). The van der Waals surface area contributed by atoms with Crippen molar-refractivity contribution in [2.24, 2.45) is 5.73 Å². The first kappa shape index (κ1) is 15.4. The summed E-state index contributed by atoms with van der Waals surface area (Å²) in [5.74, 6) is 0. The summed E-state index contributed by atoms with van der Waals surface area (Å²) in [6, 6.07) is 6.04. The molecule has 1 aromatic carbocycles. The van der Waals surface area contributed by atoms with E-state index in [1.54, 1.807) is 12.1 Å². The molecule has 0 amide bonds. The second-order valence-electron chi connectivity index (χ2n) is 4.35. The summed E-state index contributed by atoms with van der Waals surface area (Å²) in [7, 11) is -3.52. The average molecular weight is 291 g/mol. The first-order valence-corrected chi connectivity index (χ1v) is 7.73. The zero-order chi connectivity index (χ0) is 13.8. The van der Waals surface area contributed by atoms with Crippen molar-refractivity contribution in [2.75, 3.05) is 6.54 Å². The van der Waals surface area contributed by atoms with Crippen molar-refractivity contribution < 1.29 is 8.42 Å². The quantitative estimate of drug-likeness (QED) is 0.843. The van der Waals surface area contributed by atoms with Gasteiger partial charge in [-0.3, -0.25) is 0 Å². The molecule has 0 aliphatic rings. The molecule has 0 fully saturated rings. The SMILES string of the molecule is CCC(N)(CC)CNS(=O)(=O)c1ccc(Cl)cc1. The Bertz CT molecular complexity index is 481. The average Bonchev–Trinajstić information content (AvgIpc) is 2.37. The van der Waals surface area contributed by atoms with Gasteiger partial charge >= 0.3 is 0 Å². The fourth-order valence-corrected chi connectivity index (χ4v) is 2.70. The van der Waals surface area contributed by atoms with Gasteiger partial charge in [-0.05, 0) is 37.1 Å². The molecule has 0 aromatic heterocycles. The van der Waals surface area contributed by atoms with Crippen LogP contribution in [-0.2, 0) is 10.0 Å². The third kappa shape index (κ3) is 3.95. The van der Waals surface area contributed by atoms with Gasteiger partial charge in [-0.1, -0.05) is 25.4 Å². The third-order valence-corrected chi connectivity index (χ3v) is 4.82. The highest BCUT2D eigenvalue weighted by Crippen LogP contribution is 2.15. The lowest BCUT2D eigenvalue weighted by Gasteiger charge is -2.26. The first-order chi connectivity index (χ1) is 8.33. The monoisotopic (exact) mass is 290 g/mol. The van der Waals surface area contributed by atoms with Gasteiger partial charge in [-0.2, -0.15) is 0 Å². The van der Waals surface area contributed by atoms with E-state index in [-0.39, 0.29) is 11.4 Å². The van der Waals surface area contributed by atoms with E-state index in [9.17, 15) is 8.42 Å². The van der Waals surface area contributed by atoms with E-state index in [0.29, 0.717) is 17.9 Å². The number of benzene rings is 1. The Labute approximate surface area is 114 Å². The number of halogens is 1. The molecule has 0 unspecified atom stereocenters. The molecule has 0 heterocycles. The summed E-state index contributed by atoms with van der Waals surface area (Å²) in [6.07, 6.45) is 1.43. The molecular weight excluding hydrogens is 272 g/mol. The highest BCUT2D eigenvalue weighted by molar-refractivity contribution is 7.89. The fraction of sp³-hybridized carbons (Fsp3) is 0.500. The Morgan fingerprint density at radius 2 is 1.72 bits per heavy atom. The van der Waals surface area contributed by atoms with Gasteiger partial charge in [0.05, 0.1) is 4.90 Å². The zero-order valence-electron chi connectivity index (χ0n) is 10.6. The van der Waals surface area contributed by atoms with Crippen molar-refractivity contribution in [1.29, 1.82) is 0 Å². The highest BCUT2D eigenvalue weighted by atomic mass is 35.5. The molecule has 102 valence electrons. The van der Waals surface area contributed by atoms with Gasteiger partial charge in [0.1, 0.15) is 0 Å². The Kier molecular flexibility index (Phi) is 5.16. The number of nitrogens with two attached hydrogens (primary N) is 1. The number of hydrogen-bond acceptors (Lipinski definition) is 3. The normalized spacial score (nSPS) is 12.7. The minimum atomic E-state index is -3.52. The van der Waals surface area contributed by atoms with Crippen LogP contribution in [0.25, 0.3) is 0 Å². The van der Waals surface area contributed by atoms with E-state index in [2.05, 4.69) is 4.72 Å². The van der Waals surface area contributed by atoms with Crippen LogP contribution in [0.5, 0.6) is 0 Å². The highest BCUT2D eigenvalue weighted by Gasteiger charge is 2.23. The van der Waals surface area contributed by atoms with Gasteiger partial charge in [0, 0.05) is 17.1 Å². The van der Waals surface area contributed by atoms with Crippen LogP contribution in [0.15, 0.2) is 29.2 Å². The van der Waals surface area contributed by atoms with Crippen LogP contribution in [0, 0.1) is 0 Å². The van der Waals surface area contributed by atoms with Gasteiger partial charge in [-0.15, -0.1) is 0 Å². The van der Waals surface area contributed by atoms with Gasteiger partial charge in [0.25, 0.3) is 0 Å². The number of hydrogen-bond donors (Lipinski definition) is 2. The predicted molar refractivity (Wildman–Crippen MR) is 74.1 cm³/mol. The third-order valence-electron chi connectivity index (χ3n) is 3.15. The number of rotatable bonds is 6. The minimum Gasteiger partial charge on any atom is -0.324 e. The van der Waals surface area contributed by atoms with Crippen molar-refractivity contribution >= 4 is 21.6 Å². The summed E-state index contributed by atoms with van der Waals surface area (Å²) in [5, 5.41) is 0.504. The van der Waals surface area contributed by atoms with Crippen molar-refractivity contribution in [3.05, 3.63) is 29.3 Å². The Hall–Kier alpha value is -0.620. The lowest BCUT2D eigenvalue weighted by molar-refractivity contribution is 0.392. The molecule has 0 bridgehead atoms. The van der Waals surface area contributed by atoms with E-state index in [1.165, 1.54) is 12.1 Å². The van der Waals surface area contributed by atoms with Crippen molar-refractivity contribution in [3.8, 4) is 0 Å². The maximum atomic E-state index is 12.0. The Morgan fingerprint density at radius 3 is 2.17 bits per heavy atom. The van der Waals surface area contributed by atoms with E-state index in [0.717, 1.165) is 0 Å². The summed E-state index contributed by atoms with van der Waals surface area (Å²) in [6.45, 7) is 4.12. The number of sulfonamides is 1. The van der Waals surface area contributed by atoms with Gasteiger partial charge in [0.2, 0.25) is 10.0 Å². The van der Waals surface area contributed by atoms with E-state index in [1.807, 2.05) is 13.8 Å². The molecule has 0 saturated carbocycles. The van der Waals surface area contributed by atoms with Gasteiger partial charge in [0.15, 0.2) is 0 Å². The lowest BCUT2D eigenvalue weighted by Crippen LogP contribution is -2.49. The topological polar surface area (TPSA) is 72.2 Å². The Balaban J connectivity index is 2.80. The first-order valence-electron chi connectivity index (χ1n) is 5.87. The van der Waals surface area contributed by atoms with E-state index in [4.69, 9.17) is 17.3 Å². The molecule has 0 atom stereocenters. The summed E-state index contributed by atoms with van der Waals surface area (Å²) < 4.78 is 26.6. The summed E-state index contributed by atoms with van der Waals surface area (Å²) in [5.41, 5.74) is 5.56. The van der Waals surface area contributed by atoms with Crippen LogP contribution >= 0.6 is 11.6 Å². The van der Waals surface area contributed by atoms with Crippen LogP contribution < -0.4 is 10.5 Å². The molecule has 0 aliphatic carbocycles. The Morgan fingerprint density at radius 1 is 1.22 bits per heavy atom. The molecule has 1 aromatic rings. The fourth-order valence-electron chi connectivity index (χ4n) is 1.44. The van der Waals surface area contributed by atoms with Gasteiger partial charge < -0.3 is 5.73 Å². The second-order valence-corrected chi connectivity index (χ2v) is 6.55. The molecule has 4 nitrogen and oxygen atoms in total. The summed E-state index contributed by atoms with van der Waals surface area (Å²) in [4.78, 5) is 0.196. The molecule has 3 N–H and O–H groups in total. The standard InChI is InChI=1S/C12H19ClN2O2S/c1-3-12(14,4-2)9-15-18(16,17)11-7-5-10(13)6-8-11/h5-8,15H,3-4,9,14H2,1-2H3. The summed E-state index contributed by atoms with van der Waals surface area (Å²) >= 11 is 5.72. The van der Waals surface area contributed by atoms with Gasteiger partial charge in [-0.25, -0.2) is 13.1 Å². The minimum absolute atomic E-state index is 0.196. The lowest BCUT2D eigenvalue weighted by atomic mass is 9.95. The maximum Gasteiger partial charge on any atom is 0.240 e. The van der Waals surface area contributed by atoms with Crippen LogP contribution in [0.4, 0.5) is 0 Å². The predicted octanol–water partition coefficient (Wildman–Crippen LogP) is 2.14. The van der Waals surface area contributed by atoms with Crippen LogP contribution in [0.2, 0.25) is 5.02 Å².